The summed E-state index contributed by atoms with van der Waals surface area (Å²) in [6, 6.07) is 0. The zero-order valence-corrected chi connectivity index (χ0v) is 10.3. The third kappa shape index (κ3) is 2.15. The van der Waals surface area contributed by atoms with Gasteiger partial charge in [0.15, 0.2) is 5.01 Å². The lowest BCUT2D eigenvalue weighted by atomic mass is 10.2. The fourth-order valence-electron chi connectivity index (χ4n) is 1.37. The molecule has 0 fully saturated rings. The molecule has 2 rings (SSSR count). The molecule has 80 valence electrons. The molecule has 0 atom stereocenters. The van der Waals surface area contributed by atoms with Crippen molar-refractivity contribution < 1.29 is 0 Å². The predicted molar refractivity (Wildman–Crippen MR) is 64.2 cm³/mol. The maximum atomic E-state index is 5.58. The molecule has 0 unspecified atom stereocenters. The van der Waals surface area contributed by atoms with Crippen LogP contribution in [0.2, 0.25) is 0 Å². The number of aryl methyl sites for hydroxylation is 2. The van der Waals surface area contributed by atoms with Crippen LogP contribution in [0.15, 0.2) is 0 Å². The highest BCUT2D eigenvalue weighted by Gasteiger charge is 2.14. The van der Waals surface area contributed by atoms with Crippen molar-refractivity contribution in [1.82, 2.24) is 15.2 Å². The Hall–Kier alpha value is -1.01. The van der Waals surface area contributed by atoms with Gasteiger partial charge in [-0.2, -0.15) is 0 Å². The molecule has 0 bridgehead atoms. The van der Waals surface area contributed by atoms with E-state index < -0.39 is 0 Å². The first kappa shape index (κ1) is 10.5. The molecule has 6 heteroatoms. The zero-order chi connectivity index (χ0) is 10.8. The average Bonchev–Trinajstić information content (AvgIpc) is 2.73. The molecule has 2 aromatic heterocycles. The number of nitrogen functional groups attached to an aromatic ring is 1. The molecular formula is C9H12N4S2. The maximum absolute atomic E-state index is 5.58. The fraction of sp³-hybridized carbons (Fsp3) is 0.444. The Morgan fingerprint density at radius 1 is 1.27 bits per heavy atom. The van der Waals surface area contributed by atoms with Crippen LogP contribution >= 0.6 is 22.7 Å². The van der Waals surface area contributed by atoms with E-state index in [-0.39, 0.29) is 0 Å². The highest BCUT2D eigenvalue weighted by Crippen LogP contribution is 2.33. The van der Waals surface area contributed by atoms with E-state index in [4.69, 9.17) is 5.73 Å². The van der Waals surface area contributed by atoms with Crippen LogP contribution in [0.3, 0.4) is 0 Å². The second-order valence-electron chi connectivity index (χ2n) is 3.20. The molecule has 0 aliphatic heterocycles. The second-order valence-corrected chi connectivity index (χ2v) is 5.42. The summed E-state index contributed by atoms with van der Waals surface area (Å²) in [5.41, 5.74) is 6.70. The number of anilines is 1. The highest BCUT2D eigenvalue weighted by atomic mass is 32.1. The number of aromatic nitrogens is 3. The lowest BCUT2D eigenvalue weighted by Gasteiger charge is -1.94. The van der Waals surface area contributed by atoms with Crippen LogP contribution in [0, 0.1) is 6.92 Å². The Labute approximate surface area is 96.2 Å². The van der Waals surface area contributed by atoms with E-state index >= 15 is 0 Å². The molecule has 0 saturated heterocycles. The number of hydrogen-bond acceptors (Lipinski definition) is 6. The van der Waals surface area contributed by atoms with E-state index in [1.165, 1.54) is 11.3 Å². The summed E-state index contributed by atoms with van der Waals surface area (Å²) in [7, 11) is 0. The van der Waals surface area contributed by atoms with Gasteiger partial charge in [-0.3, -0.25) is 0 Å². The van der Waals surface area contributed by atoms with Crippen molar-refractivity contribution in [3.63, 3.8) is 0 Å². The quantitative estimate of drug-likeness (QED) is 0.895. The average molecular weight is 240 g/mol. The van der Waals surface area contributed by atoms with E-state index in [9.17, 15) is 0 Å². The van der Waals surface area contributed by atoms with Crippen molar-refractivity contribution in [3.05, 3.63) is 10.7 Å². The molecule has 0 amide bonds. The monoisotopic (exact) mass is 240 g/mol. The highest BCUT2D eigenvalue weighted by molar-refractivity contribution is 7.23. The molecule has 2 heterocycles. The Balaban J connectivity index is 2.42. The van der Waals surface area contributed by atoms with E-state index in [2.05, 4.69) is 22.1 Å². The largest absolute Gasteiger partial charge is 0.374 e. The van der Waals surface area contributed by atoms with Gasteiger partial charge in [-0.05, 0) is 13.3 Å². The van der Waals surface area contributed by atoms with Crippen LogP contribution in [0.5, 0.6) is 0 Å². The molecule has 15 heavy (non-hydrogen) atoms. The summed E-state index contributed by atoms with van der Waals surface area (Å²) < 4.78 is 0. The molecule has 4 nitrogen and oxygen atoms in total. The molecule has 0 aliphatic rings. The summed E-state index contributed by atoms with van der Waals surface area (Å²) in [5.74, 6) is 0. The Morgan fingerprint density at radius 2 is 2.07 bits per heavy atom. The number of hydrogen-bond donors (Lipinski definition) is 1. The standard InChI is InChI=1S/C9H12N4S2/c1-3-4-6-7(14-5(2)11-6)8-12-13-9(10)15-8/h3-4H2,1-2H3,(H2,10,13). The Morgan fingerprint density at radius 3 is 2.67 bits per heavy atom. The van der Waals surface area contributed by atoms with Crippen molar-refractivity contribution in [3.8, 4) is 9.88 Å². The van der Waals surface area contributed by atoms with Crippen molar-refractivity contribution in [2.75, 3.05) is 5.73 Å². The van der Waals surface area contributed by atoms with Gasteiger partial charge in [0.2, 0.25) is 5.13 Å². The van der Waals surface area contributed by atoms with Gasteiger partial charge in [-0.15, -0.1) is 21.5 Å². The topological polar surface area (TPSA) is 64.7 Å². The minimum atomic E-state index is 0.513. The summed E-state index contributed by atoms with van der Waals surface area (Å²) >= 11 is 3.08. The lowest BCUT2D eigenvalue weighted by Crippen LogP contribution is -1.86. The van der Waals surface area contributed by atoms with Crippen molar-refractivity contribution in [2.45, 2.75) is 26.7 Å². The van der Waals surface area contributed by atoms with Crippen LogP contribution in [-0.2, 0) is 6.42 Å². The number of thiazole rings is 1. The van der Waals surface area contributed by atoms with Gasteiger partial charge < -0.3 is 5.73 Å². The minimum absolute atomic E-state index is 0.513. The number of nitrogens with zero attached hydrogens (tertiary/aromatic N) is 3. The molecule has 2 N–H and O–H groups in total. The molecule has 0 aliphatic carbocycles. The Bertz CT molecular complexity index is 460. The first-order valence-electron chi connectivity index (χ1n) is 4.76. The van der Waals surface area contributed by atoms with Crippen molar-refractivity contribution in [2.24, 2.45) is 0 Å². The van der Waals surface area contributed by atoms with Gasteiger partial charge in [0, 0.05) is 0 Å². The van der Waals surface area contributed by atoms with Crippen LogP contribution in [0.25, 0.3) is 9.88 Å². The zero-order valence-electron chi connectivity index (χ0n) is 8.65. The smallest absolute Gasteiger partial charge is 0.203 e. The maximum Gasteiger partial charge on any atom is 0.203 e. The van der Waals surface area contributed by atoms with E-state index in [0.717, 1.165) is 33.4 Å². The third-order valence-corrected chi connectivity index (χ3v) is 3.84. The second kappa shape index (κ2) is 4.24. The van der Waals surface area contributed by atoms with Gasteiger partial charge in [0.05, 0.1) is 15.6 Å². The molecule has 0 aromatic carbocycles. The predicted octanol–water partition coefficient (Wildman–Crippen LogP) is 2.50. The van der Waals surface area contributed by atoms with Crippen molar-refractivity contribution in [1.29, 1.82) is 0 Å². The Kier molecular flexibility index (Phi) is 2.97. The number of rotatable bonds is 3. The van der Waals surface area contributed by atoms with Gasteiger partial charge in [0.1, 0.15) is 0 Å². The molecule has 2 aromatic rings. The lowest BCUT2D eigenvalue weighted by molar-refractivity contribution is 0.888. The van der Waals surface area contributed by atoms with Gasteiger partial charge in [-0.1, -0.05) is 24.7 Å². The normalized spacial score (nSPS) is 10.8. The van der Waals surface area contributed by atoms with Gasteiger partial charge in [0.25, 0.3) is 0 Å². The minimum Gasteiger partial charge on any atom is -0.374 e. The molecular weight excluding hydrogens is 228 g/mol. The van der Waals surface area contributed by atoms with Crippen molar-refractivity contribution >= 4 is 27.8 Å². The molecule has 0 spiro atoms. The third-order valence-electron chi connectivity index (χ3n) is 1.93. The van der Waals surface area contributed by atoms with Crippen LogP contribution in [-0.4, -0.2) is 15.2 Å². The van der Waals surface area contributed by atoms with E-state index in [1.807, 2.05) is 6.92 Å². The SMILES string of the molecule is CCCc1nc(C)sc1-c1nnc(N)s1. The fourth-order valence-corrected chi connectivity index (χ4v) is 3.04. The van der Waals surface area contributed by atoms with Crippen LogP contribution in [0.1, 0.15) is 24.0 Å². The van der Waals surface area contributed by atoms with E-state index in [1.54, 1.807) is 11.3 Å². The summed E-state index contributed by atoms with van der Waals surface area (Å²) in [5, 5.41) is 10.4. The van der Waals surface area contributed by atoms with E-state index in [0.29, 0.717) is 5.13 Å². The summed E-state index contributed by atoms with van der Waals surface area (Å²) in [6.45, 7) is 4.16. The van der Waals surface area contributed by atoms with Crippen LogP contribution in [0.4, 0.5) is 5.13 Å². The summed E-state index contributed by atoms with van der Waals surface area (Å²) in [4.78, 5) is 5.63. The van der Waals surface area contributed by atoms with Gasteiger partial charge >= 0.3 is 0 Å². The van der Waals surface area contributed by atoms with Crippen LogP contribution < -0.4 is 5.73 Å². The first-order chi connectivity index (χ1) is 7.20. The molecule has 0 radical (unpaired) electrons. The summed E-state index contributed by atoms with van der Waals surface area (Å²) in [6.07, 6.45) is 2.07. The van der Waals surface area contributed by atoms with Gasteiger partial charge in [-0.25, -0.2) is 4.98 Å². The molecule has 0 saturated carbocycles. The first-order valence-corrected chi connectivity index (χ1v) is 6.39. The number of nitrogens with two attached hydrogens (primary N) is 1.